The van der Waals surface area contributed by atoms with Gasteiger partial charge < -0.3 is 0 Å². The second-order valence-corrected chi connectivity index (χ2v) is 5.89. The van der Waals surface area contributed by atoms with Crippen LogP contribution in [-0.2, 0) is 10.8 Å². The van der Waals surface area contributed by atoms with Gasteiger partial charge in [0, 0.05) is 11.9 Å². The lowest BCUT2D eigenvalue weighted by molar-refractivity contribution is 0.684. The molecule has 0 aliphatic heterocycles. The summed E-state index contributed by atoms with van der Waals surface area (Å²) in [7, 11) is -1.12. The van der Waals surface area contributed by atoms with Crippen molar-refractivity contribution in [2.75, 3.05) is 5.75 Å². The van der Waals surface area contributed by atoms with Gasteiger partial charge in [-0.05, 0) is 6.07 Å². The first-order chi connectivity index (χ1) is 7.20. The second kappa shape index (κ2) is 4.38. The van der Waals surface area contributed by atoms with Crippen molar-refractivity contribution in [3.63, 3.8) is 0 Å². The van der Waals surface area contributed by atoms with Gasteiger partial charge in [-0.3, -0.25) is 4.21 Å². The predicted molar refractivity (Wildman–Crippen MR) is 63.9 cm³/mol. The molecule has 0 fully saturated rings. The molecule has 6 heteroatoms. The van der Waals surface area contributed by atoms with Crippen LogP contribution >= 0.6 is 22.9 Å². The minimum Gasteiger partial charge on any atom is -0.252 e. The van der Waals surface area contributed by atoms with Gasteiger partial charge >= 0.3 is 0 Å². The van der Waals surface area contributed by atoms with Gasteiger partial charge in [0.2, 0.25) is 0 Å². The number of hydrogen-bond donors (Lipinski definition) is 0. The molecule has 0 aliphatic rings. The molecule has 0 saturated heterocycles. The van der Waals surface area contributed by atoms with Gasteiger partial charge in [0.25, 0.3) is 0 Å². The van der Waals surface area contributed by atoms with Crippen molar-refractivity contribution in [3.05, 3.63) is 29.9 Å². The Morgan fingerprint density at radius 1 is 1.67 bits per heavy atom. The third-order valence-electron chi connectivity index (χ3n) is 1.66. The van der Waals surface area contributed by atoms with E-state index in [4.69, 9.17) is 11.6 Å². The van der Waals surface area contributed by atoms with Gasteiger partial charge in [0.15, 0.2) is 9.99 Å². The molecule has 2 rings (SSSR count). The molecule has 0 radical (unpaired) electrons. The van der Waals surface area contributed by atoms with Crippen molar-refractivity contribution in [2.45, 2.75) is 4.34 Å². The van der Waals surface area contributed by atoms with Gasteiger partial charge in [-0.1, -0.05) is 17.7 Å². The summed E-state index contributed by atoms with van der Waals surface area (Å²) in [6.45, 7) is 3.54. The summed E-state index contributed by atoms with van der Waals surface area (Å²) in [5.41, 5.74) is 0.594. The van der Waals surface area contributed by atoms with Crippen molar-refractivity contribution >= 4 is 44.1 Å². The Kier molecular flexibility index (Phi) is 3.14. The number of thiazole rings is 1. The molecule has 3 nitrogen and oxygen atoms in total. The molecule has 2 heterocycles. The Hall–Kier alpha value is -0.780. The van der Waals surface area contributed by atoms with E-state index >= 15 is 0 Å². The largest absolute Gasteiger partial charge is 0.252 e. The molecule has 1 atom stereocenters. The lowest BCUT2D eigenvalue weighted by Gasteiger charge is -1.88. The predicted octanol–water partition coefficient (Wildman–Crippen LogP) is 2.64. The highest BCUT2D eigenvalue weighted by Gasteiger charge is 2.10. The van der Waals surface area contributed by atoms with Gasteiger partial charge in [-0.15, -0.1) is 17.9 Å². The Balaban J connectivity index is 2.47. The van der Waals surface area contributed by atoms with E-state index in [2.05, 4.69) is 16.5 Å². The van der Waals surface area contributed by atoms with Crippen molar-refractivity contribution in [1.29, 1.82) is 0 Å². The number of rotatable bonds is 3. The van der Waals surface area contributed by atoms with Gasteiger partial charge in [0.1, 0.15) is 0 Å². The monoisotopic (exact) mass is 258 g/mol. The molecular formula is C9H7ClN2OS2. The molecule has 2 aromatic heterocycles. The summed E-state index contributed by atoms with van der Waals surface area (Å²) in [5, 5.41) is 0.562. The van der Waals surface area contributed by atoms with Gasteiger partial charge in [-0.25, -0.2) is 9.97 Å². The molecule has 78 valence electrons. The van der Waals surface area contributed by atoms with Crippen LogP contribution in [0.15, 0.2) is 29.3 Å². The normalized spacial score (nSPS) is 12.9. The lowest BCUT2D eigenvalue weighted by Crippen LogP contribution is -1.93. The van der Waals surface area contributed by atoms with E-state index in [1.807, 2.05) is 0 Å². The Labute approximate surface area is 98.3 Å². The van der Waals surface area contributed by atoms with E-state index in [-0.39, 0.29) is 0 Å². The van der Waals surface area contributed by atoms with E-state index in [9.17, 15) is 4.21 Å². The number of fused-ring (bicyclic) bond motifs is 1. The highest BCUT2D eigenvalue weighted by molar-refractivity contribution is 7.87. The van der Waals surface area contributed by atoms with E-state index in [1.54, 1.807) is 12.1 Å². The van der Waals surface area contributed by atoms with Crippen molar-refractivity contribution in [2.24, 2.45) is 0 Å². The summed E-state index contributed by atoms with van der Waals surface area (Å²) in [5.74, 6) is 0.410. The molecule has 0 aliphatic carbocycles. The standard InChI is InChI=1S/C9H7ClN2OS2/c1-2-3-15(13)9-12-8-7(14-9)4-6(10)5-11-8/h2,4-5H,1,3H2. The Bertz CT molecular complexity index is 538. The fourth-order valence-electron chi connectivity index (χ4n) is 1.05. The SMILES string of the molecule is C=CCS(=O)c1nc2ncc(Cl)cc2s1. The van der Waals surface area contributed by atoms with E-state index in [1.165, 1.54) is 17.5 Å². The number of nitrogens with zero attached hydrogens (tertiary/aromatic N) is 2. The molecule has 0 amide bonds. The molecule has 0 spiro atoms. The van der Waals surface area contributed by atoms with Crippen LogP contribution in [0.4, 0.5) is 0 Å². The van der Waals surface area contributed by atoms with Crippen molar-refractivity contribution in [1.82, 2.24) is 9.97 Å². The van der Waals surface area contributed by atoms with Crippen molar-refractivity contribution in [3.8, 4) is 0 Å². The third kappa shape index (κ3) is 2.25. The molecular weight excluding hydrogens is 252 g/mol. The summed E-state index contributed by atoms with van der Waals surface area (Å²) in [6.07, 6.45) is 3.15. The van der Waals surface area contributed by atoms with Crippen LogP contribution in [0.5, 0.6) is 0 Å². The fourth-order valence-corrected chi connectivity index (χ4v) is 3.36. The molecule has 0 N–H and O–H groups in total. The molecule has 2 aromatic rings. The molecule has 0 aromatic carbocycles. The quantitative estimate of drug-likeness (QED) is 0.795. The van der Waals surface area contributed by atoms with Crippen LogP contribution in [0.1, 0.15) is 0 Å². The highest BCUT2D eigenvalue weighted by Crippen LogP contribution is 2.25. The molecule has 0 saturated carbocycles. The molecule has 15 heavy (non-hydrogen) atoms. The van der Waals surface area contributed by atoms with Gasteiger partial charge in [-0.2, -0.15) is 0 Å². The number of aromatic nitrogens is 2. The van der Waals surface area contributed by atoms with Crippen LogP contribution in [0.3, 0.4) is 0 Å². The highest BCUT2D eigenvalue weighted by atomic mass is 35.5. The average molecular weight is 259 g/mol. The van der Waals surface area contributed by atoms with Crippen LogP contribution in [-0.4, -0.2) is 19.9 Å². The second-order valence-electron chi connectivity index (χ2n) is 2.76. The summed E-state index contributed by atoms with van der Waals surface area (Å²) >= 11 is 7.15. The fraction of sp³-hybridized carbons (Fsp3) is 0.111. The van der Waals surface area contributed by atoms with E-state index in [0.29, 0.717) is 20.8 Å². The number of halogens is 1. The minimum atomic E-state index is -1.12. The topological polar surface area (TPSA) is 42.9 Å². The van der Waals surface area contributed by atoms with Crippen LogP contribution in [0.25, 0.3) is 10.3 Å². The maximum absolute atomic E-state index is 11.6. The summed E-state index contributed by atoms with van der Waals surface area (Å²) < 4.78 is 13.1. The zero-order valence-electron chi connectivity index (χ0n) is 7.64. The number of pyridine rings is 1. The first kappa shape index (κ1) is 10.7. The lowest BCUT2D eigenvalue weighted by atomic mass is 10.5. The Morgan fingerprint density at radius 3 is 3.20 bits per heavy atom. The first-order valence-electron chi connectivity index (χ1n) is 4.12. The van der Waals surface area contributed by atoms with E-state index < -0.39 is 10.8 Å². The third-order valence-corrected chi connectivity index (χ3v) is 4.48. The molecule has 0 bridgehead atoms. The Morgan fingerprint density at radius 2 is 2.47 bits per heavy atom. The van der Waals surface area contributed by atoms with Crippen LogP contribution in [0.2, 0.25) is 5.02 Å². The average Bonchev–Trinajstić information content (AvgIpc) is 2.60. The van der Waals surface area contributed by atoms with Crippen molar-refractivity contribution < 1.29 is 4.21 Å². The van der Waals surface area contributed by atoms with Gasteiger partial charge in [0.05, 0.1) is 20.5 Å². The zero-order valence-corrected chi connectivity index (χ0v) is 10.0. The first-order valence-corrected chi connectivity index (χ1v) is 6.63. The zero-order chi connectivity index (χ0) is 10.8. The maximum Gasteiger partial charge on any atom is 0.183 e. The number of hydrogen-bond acceptors (Lipinski definition) is 4. The maximum atomic E-state index is 11.6. The van der Waals surface area contributed by atoms with Crippen LogP contribution < -0.4 is 0 Å². The van der Waals surface area contributed by atoms with Crippen LogP contribution in [0, 0.1) is 0 Å². The van der Waals surface area contributed by atoms with E-state index in [0.717, 1.165) is 4.70 Å². The molecule has 1 unspecified atom stereocenters. The smallest absolute Gasteiger partial charge is 0.183 e. The summed E-state index contributed by atoms with van der Waals surface area (Å²) in [6, 6.07) is 1.77. The summed E-state index contributed by atoms with van der Waals surface area (Å²) in [4.78, 5) is 8.22. The minimum absolute atomic E-state index is 0.410.